The first-order valence-electron chi connectivity index (χ1n) is 8.89. The highest BCUT2D eigenvalue weighted by atomic mass is 32.2. The van der Waals surface area contributed by atoms with Gasteiger partial charge in [-0.3, -0.25) is 9.59 Å². The lowest BCUT2D eigenvalue weighted by atomic mass is 10.0. The van der Waals surface area contributed by atoms with Gasteiger partial charge in [0.25, 0.3) is 0 Å². The molecule has 1 aliphatic rings. The molecule has 1 aromatic carbocycles. The normalized spacial score (nSPS) is 19.7. The van der Waals surface area contributed by atoms with E-state index in [1.807, 2.05) is 6.92 Å². The highest BCUT2D eigenvalue weighted by molar-refractivity contribution is 7.89. The number of amides is 1. The van der Waals surface area contributed by atoms with Gasteiger partial charge in [0, 0.05) is 24.7 Å². The van der Waals surface area contributed by atoms with Gasteiger partial charge in [0.15, 0.2) is 5.78 Å². The number of carbonyl (C=O) groups is 2. The molecule has 2 rings (SSSR count). The van der Waals surface area contributed by atoms with Crippen molar-refractivity contribution < 1.29 is 18.0 Å². The Morgan fingerprint density at radius 1 is 1.27 bits per heavy atom. The molecule has 1 aliphatic heterocycles. The third-order valence-electron chi connectivity index (χ3n) is 4.52. The molecular weight excluding hydrogens is 354 g/mol. The quantitative estimate of drug-likeness (QED) is 0.692. The van der Waals surface area contributed by atoms with E-state index < -0.39 is 16.1 Å². The van der Waals surface area contributed by atoms with Gasteiger partial charge in [0.1, 0.15) is 6.04 Å². The summed E-state index contributed by atoms with van der Waals surface area (Å²) >= 11 is 0. The Morgan fingerprint density at radius 2 is 1.92 bits per heavy atom. The summed E-state index contributed by atoms with van der Waals surface area (Å²) in [4.78, 5) is 24.0. The number of benzene rings is 1. The molecule has 7 nitrogen and oxygen atoms in total. The first-order chi connectivity index (χ1) is 12.2. The van der Waals surface area contributed by atoms with Gasteiger partial charge in [-0.25, -0.2) is 8.42 Å². The molecule has 1 amide bonds. The average molecular weight is 381 g/mol. The van der Waals surface area contributed by atoms with Gasteiger partial charge in [0.05, 0.1) is 4.90 Å². The summed E-state index contributed by atoms with van der Waals surface area (Å²) < 4.78 is 27.3. The maximum atomic E-state index is 13.0. The number of hydrogen-bond acceptors (Lipinski definition) is 5. The second-order valence-corrected chi connectivity index (χ2v) is 8.66. The molecule has 0 spiro atoms. The minimum Gasteiger partial charge on any atom is -0.355 e. The molecule has 8 heteroatoms. The zero-order valence-corrected chi connectivity index (χ0v) is 16.1. The van der Waals surface area contributed by atoms with Crippen LogP contribution in [0, 0.1) is 0 Å². The van der Waals surface area contributed by atoms with Crippen LogP contribution in [0.25, 0.3) is 0 Å². The fraction of sp³-hybridized carbons (Fsp3) is 0.556. The van der Waals surface area contributed by atoms with Crippen LogP contribution in [-0.4, -0.2) is 49.6 Å². The van der Waals surface area contributed by atoms with E-state index >= 15 is 0 Å². The van der Waals surface area contributed by atoms with Crippen molar-refractivity contribution in [2.45, 2.75) is 56.5 Å². The fourth-order valence-electron chi connectivity index (χ4n) is 2.99. The van der Waals surface area contributed by atoms with Crippen LogP contribution in [0.5, 0.6) is 0 Å². The number of ketones is 1. The summed E-state index contributed by atoms with van der Waals surface area (Å²) in [6, 6.07) is 5.10. The molecule has 0 bridgehead atoms. The van der Waals surface area contributed by atoms with Crippen LogP contribution in [0.15, 0.2) is 29.2 Å². The van der Waals surface area contributed by atoms with Crippen molar-refractivity contribution in [2.24, 2.45) is 5.73 Å². The Hall–Kier alpha value is -1.77. The van der Waals surface area contributed by atoms with Crippen LogP contribution in [0.1, 0.15) is 49.9 Å². The summed E-state index contributed by atoms with van der Waals surface area (Å²) in [5, 5.41) is 2.79. The number of nitrogens with zero attached hydrogens (tertiary/aromatic N) is 1. The molecule has 1 fully saturated rings. The largest absolute Gasteiger partial charge is 0.355 e. The smallest absolute Gasteiger partial charge is 0.243 e. The molecule has 1 heterocycles. The minimum absolute atomic E-state index is 0.0266. The van der Waals surface area contributed by atoms with Crippen LogP contribution < -0.4 is 11.1 Å². The highest BCUT2D eigenvalue weighted by Crippen LogP contribution is 2.26. The van der Waals surface area contributed by atoms with E-state index in [0.717, 1.165) is 6.42 Å². The molecule has 2 atom stereocenters. The van der Waals surface area contributed by atoms with Crippen molar-refractivity contribution in [3.63, 3.8) is 0 Å². The standard InChI is InChI=1S/C18H27N3O4S/c1-13(19)10-11-20-18(23)17-5-3-4-12-21(17)26(24,25)16-8-6-15(7-9-16)14(2)22/h6-9,13,17H,3-5,10-12,19H2,1-2H3,(H,20,23). The van der Waals surface area contributed by atoms with Gasteiger partial charge in [0.2, 0.25) is 15.9 Å². The monoisotopic (exact) mass is 381 g/mol. The number of nitrogens with two attached hydrogens (primary N) is 1. The van der Waals surface area contributed by atoms with Crippen LogP contribution in [0.4, 0.5) is 0 Å². The van der Waals surface area contributed by atoms with Gasteiger partial charge in [-0.1, -0.05) is 18.6 Å². The number of sulfonamides is 1. The van der Waals surface area contributed by atoms with Crippen molar-refractivity contribution in [1.82, 2.24) is 9.62 Å². The third kappa shape index (κ3) is 4.90. The summed E-state index contributed by atoms with van der Waals surface area (Å²) in [5.74, 6) is -0.410. The molecule has 0 aromatic heterocycles. The Balaban J connectivity index is 2.18. The molecule has 0 saturated carbocycles. The van der Waals surface area contributed by atoms with E-state index in [4.69, 9.17) is 5.73 Å². The van der Waals surface area contributed by atoms with Crippen molar-refractivity contribution in [1.29, 1.82) is 0 Å². The molecule has 2 unspecified atom stereocenters. The van der Waals surface area contributed by atoms with Gasteiger partial charge in [-0.05, 0) is 45.2 Å². The second-order valence-electron chi connectivity index (χ2n) is 6.76. The number of carbonyl (C=O) groups excluding carboxylic acids is 2. The zero-order chi connectivity index (χ0) is 19.3. The fourth-order valence-corrected chi connectivity index (χ4v) is 4.65. The Labute approximate surface area is 155 Å². The molecule has 26 heavy (non-hydrogen) atoms. The third-order valence-corrected chi connectivity index (χ3v) is 6.45. The number of nitrogens with one attached hydrogen (secondary N) is 1. The van der Waals surface area contributed by atoms with Crippen molar-refractivity contribution in [3.8, 4) is 0 Å². The maximum absolute atomic E-state index is 13.0. The van der Waals surface area contributed by atoms with Crippen LogP contribution in [0.2, 0.25) is 0 Å². The van der Waals surface area contributed by atoms with Crippen molar-refractivity contribution in [2.75, 3.05) is 13.1 Å². The second kappa shape index (κ2) is 8.75. The Bertz CT molecular complexity index is 744. The van der Waals surface area contributed by atoms with E-state index in [9.17, 15) is 18.0 Å². The maximum Gasteiger partial charge on any atom is 0.243 e. The first-order valence-corrected chi connectivity index (χ1v) is 10.3. The van der Waals surface area contributed by atoms with Gasteiger partial charge in [-0.15, -0.1) is 0 Å². The summed E-state index contributed by atoms with van der Waals surface area (Å²) in [6.07, 6.45) is 2.65. The van der Waals surface area contributed by atoms with Gasteiger partial charge in [-0.2, -0.15) is 4.31 Å². The topological polar surface area (TPSA) is 110 Å². The lowest BCUT2D eigenvalue weighted by Crippen LogP contribution is -2.52. The van der Waals surface area contributed by atoms with E-state index in [-0.39, 0.29) is 22.6 Å². The van der Waals surface area contributed by atoms with E-state index in [0.29, 0.717) is 37.9 Å². The number of rotatable bonds is 7. The lowest BCUT2D eigenvalue weighted by Gasteiger charge is -2.33. The summed E-state index contributed by atoms with van der Waals surface area (Å²) in [7, 11) is -3.80. The van der Waals surface area contributed by atoms with Crippen molar-refractivity contribution in [3.05, 3.63) is 29.8 Å². The molecule has 1 aromatic rings. The van der Waals surface area contributed by atoms with E-state index in [1.54, 1.807) is 0 Å². The van der Waals surface area contributed by atoms with Crippen LogP contribution in [-0.2, 0) is 14.8 Å². The lowest BCUT2D eigenvalue weighted by molar-refractivity contribution is -0.125. The highest BCUT2D eigenvalue weighted by Gasteiger charge is 2.37. The molecule has 0 radical (unpaired) electrons. The Kier molecular flexibility index (Phi) is 6.91. The SMILES string of the molecule is CC(=O)c1ccc(S(=O)(=O)N2CCCCC2C(=O)NCCC(C)N)cc1. The summed E-state index contributed by atoms with van der Waals surface area (Å²) in [6.45, 7) is 4.02. The average Bonchev–Trinajstić information content (AvgIpc) is 2.61. The van der Waals surface area contributed by atoms with E-state index in [2.05, 4.69) is 5.32 Å². The molecule has 144 valence electrons. The Morgan fingerprint density at radius 3 is 2.50 bits per heavy atom. The van der Waals surface area contributed by atoms with Crippen LogP contribution in [0.3, 0.4) is 0 Å². The minimum atomic E-state index is -3.80. The van der Waals surface area contributed by atoms with Crippen LogP contribution >= 0.6 is 0 Å². The number of hydrogen-bond donors (Lipinski definition) is 2. The van der Waals surface area contributed by atoms with Gasteiger partial charge >= 0.3 is 0 Å². The predicted molar refractivity (Wildman–Crippen MR) is 99.3 cm³/mol. The van der Waals surface area contributed by atoms with Crippen molar-refractivity contribution >= 4 is 21.7 Å². The molecule has 3 N–H and O–H groups in total. The number of piperidine rings is 1. The predicted octanol–water partition coefficient (Wildman–Crippen LogP) is 1.29. The number of Topliss-reactive ketones (excluding diaryl/α,β-unsaturated/α-hetero) is 1. The molecular formula is C18H27N3O4S. The van der Waals surface area contributed by atoms with Gasteiger partial charge < -0.3 is 11.1 Å². The molecule has 1 saturated heterocycles. The van der Waals surface area contributed by atoms with E-state index in [1.165, 1.54) is 35.5 Å². The summed E-state index contributed by atoms with van der Waals surface area (Å²) in [5.41, 5.74) is 6.13. The molecule has 0 aliphatic carbocycles. The first kappa shape index (κ1) is 20.5. The zero-order valence-electron chi connectivity index (χ0n) is 15.3.